The van der Waals surface area contributed by atoms with Crippen molar-refractivity contribution in [1.29, 1.82) is 0 Å². The maximum absolute atomic E-state index is 12.6. The summed E-state index contributed by atoms with van der Waals surface area (Å²) < 4.78 is 7.34. The number of aryl methyl sites for hydroxylation is 1. The van der Waals surface area contributed by atoms with Crippen LogP contribution in [0.5, 0.6) is 5.88 Å². The van der Waals surface area contributed by atoms with E-state index >= 15 is 0 Å². The summed E-state index contributed by atoms with van der Waals surface area (Å²) in [6.07, 6.45) is 1.54. The molecule has 0 fully saturated rings. The number of carbonyl (C=O) groups excluding carboxylic acids is 2. The van der Waals surface area contributed by atoms with Crippen LogP contribution in [0.2, 0.25) is 0 Å². The summed E-state index contributed by atoms with van der Waals surface area (Å²) in [5.41, 5.74) is 8.30. The number of hydrogen-bond donors (Lipinski definition) is 2. The Bertz CT molecular complexity index is 996. The highest BCUT2D eigenvalue weighted by atomic mass is 16.5. The van der Waals surface area contributed by atoms with Crippen LogP contribution in [0.15, 0.2) is 54.7 Å². The third-order valence-corrected chi connectivity index (χ3v) is 4.28. The average molecular weight is 378 g/mol. The second kappa shape index (κ2) is 8.39. The Morgan fingerprint density at radius 2 is 1.68 bits per heavy atom. The van der Waals surface area contributed by atoms with Crippen molar-refractivity contribution in [1.82, 2.24) is 20.4 Å². The highest BCUT2D eigenvalue weighted by Crippen LogP contribution is 2.20. The predicted molar refractivity (Wildman–Crippen MR) is 106 cm³/mol. The van der Waals surface area contributed by atoms with Crippen LogP contribution in [0.3, 0.4) is 0 Å². The average Bonchev–Trinajstić information content (AvgIpc) is 3.01. The summed E-state index contributed by atoms with van der Waals surface area (Å²) in [4.78, 5) is 29.1. The van der Waals surface area contributed by atoms with Gasteiger partial charge in [0.15, 0.2) is 0 Å². The molecule has 2 N–H and O–H groups in total. The van der Waals surface area contributed by atoms with Gasteiger partial charge in [0.25, 0.3) is 11.8 Å². The Balaban J connectivity index is 1.75. The van der Waals surface area contributed by atoms with Crippen LogP contribution in [0.4, 0.5) is 0 Å². The number of hydrogen-bond acceptors (Lipinski definition) is 4. The highest BCUT2D eigenvalue weighted by molar-refractivity contribution is 6.00. The topological polar surface area (TPSA) is 85.2 Å². The Kier molecular flexibility index (Phi) is 5.74. The third kappa shape index (κ3) is 3.88. The second-order valence-corrected chi connectivity index (χ2v) is 6.15. The molecule has 0 radical (unpaired) electrons. The molecular formula is C21H22N4O3. The van der Waals surface area contributed by atoms with E-state index in [1.54, 1.807) is 31.3 Å². The van der Waals surface area contributed by atoms with Gasteiger partial charge in [0, 0.05) is 23.3 Å². The standard InChI is InChI=1S/C21H22N4O3/c1-4-28-21-17(11-8-12-22-21)19(26)23-24-20(27)18-13-14(2)25(15(18)3)16-9-6-5-7-10-16/h5-13H,4H2,1-3H3,(H,23,26)(H,24,27). The molecule has 0 saturated heterocycles. The Morgan fingerprint density at radius 3 is 2.36 bits per heavy atom. The zero-order valence-corrected chi connectivity index (χ0v) is 16.0. The lowest BCUT2D eigenvalue weighted by Gasteiger charge is -2.11. The number of ether oxygens (including phenoxy) is 1. The summed E-state index contributed by atoms with van der Waals surface area (Å²) in [6, 6.07) is 14.8. The van der Waals surface area contributed by atoms with E-state index in [9.17, 15) is 9.59 Å². The Morgan fingerprint density at radius 1 is 1.00 bits per heavy atom. The smallest absolute Gasteiger partial charge is 0.275 e. The third-order valence-electron chi connectivity index (χ3n) is 4.28. The minimum Gasteiger partial charge on any atom is -0.477 e. The molecule has 3 rings (SSSR count). The minimum atomic E-state index is -0.498. The van der Waals surface area contributed by atoms with Gasteiger partial charge in [0.05, 0.1) is 12.2 Å². The van der Waals surface area contributed by atoms with E-state index in [0.29, 0.717) is 12.2 Å². The lowest BCUT2D eigenvalue weighted by atomic mass is 10.2. The summed E-state index contributed by atoms with van der Waals surface area (Å²) in [7, 11) is 0. The largest absolute Gasteiger partial charge is 0.477 e. The molecule has 144 valence electrons. The highest BCUT2D eigenvalue weighted by Gasteiger charge is 2.18. The van der Waals surface area contributed by atoms with Crippen molar-refractivity contribution in [2.45, 2.75) is 20.8 Å². The van der Waals surface area contributed by atoms with E-state index in [-0.39, 0.29) is 11.4 Å². The maximum Gasteiger partial charge on any atom is 0.275 e. The zero-order chi connectivity index (χ0) is 20.1. The van der Waals surface area contributed by atoms with Crippen LogP contribution in [0, 0.1) is 13.8 Å². The number of benzene rings is 1. The molecule has 0 unspecified atom stereocenters. The van der Waals surface area contributed by atoms with Crippen LogP contribution in [0.25, 0.3) is 5.69 Å². The monoisotopic (exact) mass is 378 g/mol. The fourth-order valence-corrected chi connectivity index (χ4v) is 3.03. The number of para-hydroxylation sites is 1. The number of carbonyl (C=O) groups is 2. The first-order chi connectivity index (χ1) is 13.5. The van der Waals surface area contributed by atoms with E-state index in [1.807, 2.05) is 48.7 Å². The number of nitrogens with one attached hydrogen (secondary N) is 2. The number of nitrogens with zero attached hydrogens (tertiary/aromatic N) is 2. The molecule has 3 aromatic rings. The molecule has 2 amide bonds. The molecule has 0 bridgehead atoms. The van der Waals surface area contributed by atoms with Crippen molar-refractivity contribution in [3.63, 3.8) is 0 Å². The van der Waals surface area contributed by atoms with Gasteiger partial charge in [-0.3, -0.25) is 20.4 Å². The van der Waals surface area contributed by atoms with E-state index in [0.717, 1.165) is 17.1 Å². The van der Waals surface area contributed by atoms with Gasteiger partial charge in [-0.1, -0.05) is 18.2 Å². The number of amides is 2. The Hall–Kier alpha value is -3.61. The minimum absolute atomic E-state index is 0.221. The van der Waals surface area contributed by atoms with Gasteiger partial charge >= 0.3 is 0 Å². The van der Waals surface area contributed by atoms with Crippen LogP contribution < -0.4 is 15.6 Å². The van der Waals surface area contributed by atoms with E-state index in [2.05, 4.69) is 15.8 Å². The SMILES string of the molecule is CCOc1ncccc1C(=O)NNC(=O)c1cc(C)n(-c2ccccc2)c1C. The summed E-state index contributed by atoms with van der Waals surface area (Å²) in [5.74, 6) is -0.675. The number of aromatic nitrogens is 2. The first kappa shape index (κ1) is 19.2. The lowest BCUT2D eigenvalue weighted by Crippen LogP contribution is -2.42. The van der Waals surface area contributed by atoms with Crippen molar-refractivity contribution in [2.75, 3.05) is 6.61 Å². The maximum atomic E-state index is 12.6. The molecule has 28 heavy (non-hydrogen) atoms. The molecule has 0 aliphatic rings. The van der Waals surface area contributed by atoms with Gasteiger partial charge < -0.3 is 9.30 Å². The van der Waals surface area contributed by atoms with Crippen LogP contribution >= 0.6 is 0 Å². The molecule has 7 heteroatoms. The number of hydrazine groups is 1. The first-order valence-electron chi connectivity index (χ1n) is 8.95. The molecule has 0 aliphatic carbocycles. The zero-order valence-electron chi connectivity index (χ0n) is 16.0. The lowest BCUT2D eigenvalue weighted by molar-refractivity contribution is 0.0843. The van der Waals surface area contributed by atoms with Crippen molar-refractivity contribution >= 4 is 11.8 Å². The number of pyridine rings is 1. The molecule has 0 aliphatic heterocycles. The van der Waals surface area contributed by atoms with Crippen LogP contribution in [0.1, 0.15) is 39.0 Å². The molecule has 0 atom stereocenters. The van der Waals surface area contributed by atoms with E-state index < -0.39 is 11.8 Å². The van der Waals surface area contributed by atoms with Gasteiger partial charge in [-0.15, -0.1) is 0 Å². The van der Waals surface area contributed by atoms with Crippen LogP contribution in [-0.4, -0.2) is 28.0 Å². The molecule has 2 aromatic heterocycles. The fourth-order valence-electron chi connectivity index (χ4n) is 3.03. The summed E-state index contributed by atoms with van der Waals surface area (Å²) in [5, 5.41) is 0. The normalized spacial score (nSPS) is 10.4. The van der Waals surface area contributed by atoms with Crippen molar-refractivity contribution in [3.05, 3.63) is 77.2 Å². The van der Waals surface area contributed by atoms with Gasteiger partial charge in [-0.2, -0.15) is 0 Å². The van der Waals surface area contributed by atoms with Gasteiger partial charge in [-0.25, -0.2) is 4.98 Å². The second-order valence-electron chi connectivity index (χ2n) is 6.15. The van der Waals surface area contributed by atoms with E-state index in [4.69, 9.17) is 4.74 Å². The molecule has 7 nitrogen and oxygen atoms in total. The van der Waals surface area contributed by atoms with E-state index in [1.165, 1.54) is 0 Å². The quantitative estimate of drug-likeness (QED) is 0.669. The molecular weight excluding hydrogens is 356 g/mol. The molecule has 2 heterocycles. The molecule has 0 saturated carbocycles. The fraction of sp³-hybridized carbons (Fsp3) is 0.190. The first-order valence-corrected chi connectivity index (χ1v) is 8.95. The molecule has 0 spiro atoms. The van der Waals surface area contributed by atoms with Gasteiger partial charge in [-0.05, 0) is 51.1 Å². The number of rotatable bonds is 5. The molecule has 1 aromatic carbocycles. The van der Waals surface area contributed by atoms with Crippen LogP contribution in [-0.2, 0) is 0 Å². The summed E-state index contributed by atoms with van der Waals surface area (Å²) in [6.45, 7) is 5.99. The summed E-state index contributed by atoms with van der Waals surface area (Å²) >= 11 is 0. The van der Waals surface area contributed by atoms with Gasteiger partial charge in [0.2, 0.25) is 5.88 Å². The van der Waals surface area contributed by atoms with Gasteiger partial charge in [0.1, 0.15) is 5.56 Å². The van der Waals surface area contributed by atoms with Crippen molar-refractivity contribution in [3.8, 4) is 11.6 Å². The van der Waals surface area contributed by atoms with Crippen molar-refractivity contribution < 1.29 is 14.3 Å². The Labute approximate surface area is 163 Å². The predicted octanol–water partition coefficient (Wildman–Crippen LogP) is 2.96. The van der Waals surface area contributed by atoms with Crippen molar-refractivity contribution in [2.24, 2.45) is 0 Å².